The predicted molar refractivity (Wildman–Crippen MR) is 49.4 cm³/mol. The normalized spacial score (nSPS) is 30.6. The molecule has 0 aromatic heterocycles. The van der Waals surface area contributed by atoms with Crippen LogP contribution in [0.2, 0.25) is 0 Å². The summed E-state index contributed by atoms with van der Waals surface area (Å²) < 4.78 is 11.1. The van der Waals surface area contributed by atoms with Crippen LogP contribution in [0.5, 0.6) is 0 Å². The third kappa shape index (κ3) is 3.09. The van der Waals surface area contributed by atoms with Crippen LogP contribution >= 0.6 is 0 Å². The number of aldehydes is 1. The lowest BCUT2D eigenvalue weighted by molar-refractivity contribution is -0.297. The monoisotopic (exact) mass is 197 g/mol. The third-order valence-electron chi connectivity index (χ3n) is 2.10. The number of hydrogen-bond acceptors (Lipinski definition) is 4. The van der Waals surface area contributed by atoms with Crippen LogP contribution in [0.3, 0.4) is 0 Å². The van der Waals surface area contributed by atoms with Crippen molar-refractivity contribution in [1.82, 2.24) is 0 Å². The molecular weight excluding hydrogens is 182 g/mol. The zero-order valence-electron chi connectivity index (χ0n) is 8.53. The molecule has 0 spiro atoms. The van der Waals surface area contributed by atoms with Crippen molar-refractivity contribution < 1.29 is 14.3 Å². The van der Waals surface area contributed by atoms with Crippen molar-refractivity contribution in [2.45, 2.75) is 51.1 Å². The second kappa shape index (κ2) is 4.54. The van der Waals surface area contributed by atoms with E-state index in [9.17, 15) is 4.79 Å². The van der Waals surface area contributed by atoms with Crippen molar-refractivity contribution in [3.05, 3.63) is 0 Å². The molecule has 1 aliphatic rings. The minimum absolute atomic E-state index is 0.116. The lowest BCUT2D eigenvalue weighted by atomic mass is 10.0. The Morgan fingerprint density at radius 3 is 2.71 bits per heavy atom. The highest BCUT2D eigenvalue weighted by atomic mass is 16.7. The van der Waals surface area contributed by atoms with Crippen molar-refractivity contribution in [2.24, 2.45) is 0 Å². The van der Waals surface area contributed by atoms with Gasteiger partial charge in [0, 0.05) is 12.8 Å². The van der Waals surface area contributed by atoms with Crippen molar-refractivity contribution in [1.29, 1.82) is 5.26 Å². The SMILES string of the molecule is CC1(C)OC(CC#N)CC(CC=O)O1. The Morgan fingerprint density at radius 1 is 1.50 bits per heavy atom. The van der Waals surface area contributed by atoms with E-state index in [1.54, 1.807) is 13.8 Å². The van der Waals surface area contributed by atoms with E-state index in [1.807, 2.05) is 0 Å². The zero-order valence-corrected chi connectivity index (χ0v) is 8.53. The molecule has 78 valence electrons. The van der Waals surface area contributed by atoms with E-state index < -0.39 is 5.79 Å². The molecule has 4 nitrogen and oxygen atoms in total. The molecule has 4 heteroatoms. The number of nitriles is 1. The summed E-state index contributed by atoms with van der Waals surface area (Å²) in [6, 6.07) is 2.07. The van der Waals surface area contributed by atoms with Gasteiger partial charge in [-0.2, -0.15) is 5.26 Å². The van der Waals surface area contributed by atoms with Gasteiger partial charge in [0.2, 0.25) is 0 Å². The molecule has 0 amide bonds. The Hall–Kier alpha value is -0.920. The topological polar surface area (TPSA) is 59.3 Å². The molecule has 0 bridgehead atoms. The summed E-state index contributed by atoms with van der Waals surface area (Å²) >= 11 is 0. The molecule has 1 aliphatic heterocycles. The maximum atomic E-state index is 10.4. The highest BCUT2D eigenvalue weighted by Gasteiger charge is 2.34. The number of rotatable bonds is 3. The van der Waals surface area contributed by atoms with Crippen molar-refractivity contribution in [3.63, 3.8) is 0 Å². The van der Waals surface area contributed by atoms with Gasteiger partial charge in [0.05, 0.1) is 24.7 Å². The molecule has 14 heavy (non-hydrogen) atoms. The molecule has 0 aromatic rings. The lowest BCUT2D eigenvalue weighted by Crippen LogP contribution is -2.44. The fourth-order valence-electron chi connectivity index (χ4n) is 1.70. The molecule has 1 rings (SSSR count). The summed E-state index contributed by atoms with van der Waals surface area (Å²) in [6.45, 7) is 3.60. The second-order valence-corrected chi connectivity index (χ2v) is 3.88. The first-order valence-electron chi connectivity index (χ1n) is 4.73. The maximum absolute atomic E-state index is 10.4. The summed E-state index contributed by atoms with van der Waals surface area (Å²) in [5.74, 6) is -0.687. The first-order valence-corrected chi connectivity index (χ1v) is 4.73. The first-order chi connectivity index (χ1) is 6.57. The molecule has 0 saturated carbocycles. The average Bonchev–Trinajstić information content (AvgIpc) is 2.01. The Kier molecular flexibility index (Phi) is 3.62. The largest absolute Gasteiger partial charge is 0.347 e. The van der Waals surface area contributed by atoms with Gasteiger partial charge in [-0.15, -0.1) is 0 Å². The molecule has 2 atom stereocenters. The molecule has 0 radical (unpaired) electrons. The fourth-order valence-corrected chi connectivity index (χ4v) is 1.70. The van der Waals surface area contributed by atoms with Gasteiger partial charge in [0.1, 0.15) is 6.29 Å². The molecular formula is C10H15NO3. The smallest absolute Gasteiger partial charge is 0.163 e. The van der Waals surface area contributed by atoms with Crippen molar-refractivity contribution in [2.75, 3.05) is 0 Å². The standard InChI is InChI=1S/C10H15NO3/c1-10(2)13-8(3-5-11)7-9(14-10)4-6-12/h6,8-9H,3-4,7H2,1-2H3. The average molecular weight is 197 g/mol. The van der Waals surface area contributed by atoms with Gasteiger partial charge in [-0.05, 0) is 13.8 Å². The quantitative estimate of drug-likeness (QED) is 0.641. The van der Waals surface area contributed by atoms with Gasteiger partial charge < -0.3 is 14.3 Å². The van der Waals surface area contributed by atoms with Crippen LogP contribution < -0.4 is 0 Å². The van der Waals surface area contributed by atoms with E-state index in [0.717, 1.165) is 6.29 Å². The Labute approximate surface area is 83.8 Å². The van der Waals surface area contributed by atoms with Gasteiger partial charge in [0.25, 0.3) is 0 Å². The number of nitrogens with zero attached hydrogens (tertiary/aromatic N) is 1. The van der Waals surface area contributed by atoms with Crippen molar-refractivity contribution in [3.8, 4) is 6.07 Å². The lowest BCUT2D eigenvalue weighted by Gasteiger charge is -2.39. The second-order valence-electron chi connectivity index (χ2n) is 3.88. The Morgan fingerprint density at radius 2 is 2.14 bits per heavy atom. The van der Waals surface area contributed by atoms with Crippen molar-refractivity contribution >= 4 is 6.29 Å². The summed E-state index contributed by atoms with van der Waals surface area (Å²) in [6.07, 6.45) is 1.95. The Balaban J connectivity index is 2.57. The van der Waals surface area contributed by atoms with Crippen LogP contribution in [0.15, 0.2) is 0 Å². The van der Waals surface area contributed by atoms with E-state index >= 15 is 0 Å². The number of carbonyl (C=O) groups excluding carboxylic acids is 1. The number of carbonyl (C=O) groups is 1. The van der Waals surface area contributed by atoms with Gasteiger partial charge in [-0.25, -0.2) is 0 Å². The van der Waals surface area contributed by atoms with E-state index in [2.05, 4.69) is 6.07 Å². The van der Waals surface area contributed by atoms with Gasteiger partial charge in [-0.1, -0.05) is 0 Å². The summed E-state index contributed by atoms with van der Waals surface area (Å²) in [5, 5.41) is 8.56. The van der Waals surface area contributed by atoms with Crippen LogP contribution in [0.4, 0.5) is 0 Å². The number of hydrogen-bond donors (Lipinski definition) is 0. The highest BCUT2D eigenvalue weighted by Crippen LogP contribution is 2.28. The van der Waals surface area contributed by atoms with E-state index in [4.69, 9.17) is 14.7 Å². The minimum Gasteiger partial charge on any atom is -0.347 e. The maximum Gasteiger partial charge on any atom is 0.163 e. The van der Waals surface area contributed by atoms with E-state index in [0.29, 0.717) is 19.3 Å². The van der Waals surface area contributed by atoms with Gasteiger partial charge in [0.15, 0.2) is 5.79 Å². The van der Waals surface area contributed by atoms with Crippen LogP contribution in [0.25, 0.3) is 0 Å². The summed E-state index contributed by atoms with van der Waals surface area (Å²) in [5.41, 5.74) is 0. The zero-order chi connectivity index (χ0) is 10.6. The van der Waals surface area contributed by atoms with Gasteiger partial charge >= 0.3 is 0 Å². The van der Waals surface area contributed by atoms with Gasteiger partial charge in [-0.3, -0.25) is 0 Å². The first kappa shape index (κ1) is 11.2. The molecule has 0 aliphatic carbocycles. The molecule has 1 saturated heterocycles. The fraction of sp³-hybridized carbons (Fsp3) is 0.800. The molecule has 1 fully saturated rings. The third-order valence-corrected chi connectivity index (χ3v) is 2.10. The Bertz CT molecular complexity index is 244. The van der Waals surface area contributed by atoms with Crippen LogP contribution in [0, 0.1) is 11.3 Å². The molecule has 1 heterocycles. The van der Waals surface area contributed by atoms with E-state index in [-0.39, 0.29) is 12.2 Å². The highest BCUT2D eigenvalue weighted by molar-refractivity contribution is 5.50. The van der Waals surface area contributed by atoms with Crippen LogP contribution in [-0.4, -0.2) is 24.3 Å². The molecule has 0 aromatic carbocycles. The van der Waals surface area contributed by atoms with Crippen LogP contribution in [-0.2, 0) is 14.3 Å². The van der Waals surface area contributed by atoms with Crippen LogP contribution in [0.1, 0.15) is 33.1 Å². The minimum atomic E-state index is -0.687. The summed E-state index contributed by atoms with van der Waals surface area (Å²) in [4.78, 5) is 10.4. The van der Waals surface area contributed by atoms with E-state index in [1.165, 1.54) is 0 Å². The molecule has 2 unspecified atom stereocenters. The summed E-state index contributed by atoms with van der Waals surface area (Å²) in [7, 11) is 0. The predicted octanol–water partition coefficient (Wildman–Crippen LogP) is 1.40. The molecule has 0 N–H and O–H groups in total. The number of ether oxygens (including phenoxy) is 2.